The van der Waals surface area contributed by atoms with Gasteiger partial charge in [0, 0.05) is 9.80 Å². The van der Waals surface area contributed by atoms with Gasteiger partial charge in [-0.2, -0.15) is 0 Å². The Labute approximate surface area is 96.3 Å². The number of aryl methyl sites for hydroxylation is 1. The van der Waals surface area contributed by atoms with Crippen molar-refractivity contribution in [1.82, 2.24) is 0 Å². The lowest BCUT2D eigenvalue weighted by atomic mass is 10.1. The van der Waals surface area contributed by atoms with Crippen molar-refractivity contribution in [3.05, 3.63) is 39.9 Å². The monoisotopic (exact) mass is 302 g/mol. The molecule has 0 saturated heterocycles. The first-order valence-corrected chi connectivity index (χ1v) is 6.14. The molecule has 70 valence electrons. The minimum Gasteiger partial charge on any atom is -0.0925 e. The molecule has 0 radical (unpaired) electrons. The number of rotatable bonds is 3. The maximum absolute atomic E-state index is 3.54. The molecule has 0 saturated carbocycles. The fourth-order valence-corrected chi connectivity index (χ4v) is 1.93. The van der Waals surface area contributed by atoms with E-state index in [1.54, 1.807) is 0 Å². The lowest BCUT2D eigenvalue weighted by Gasteiger charge is -1.99. The lowest BCUT2D eigenvalue weighted by Crippen LogP contribution is -1.78. The van der Waals surface area contributed by atoms with Crippen molar-refractivity contribution in [2.75, 3.05) is 5.33 Å². The van der Waals surface area contributed by atoms with E-state index in [0.29, 0.717) is 0 Å². The van der Waals surface area contributed by atoms with E-state index in [0.717, 1.165) is 11.8 Å². The number of allylic oxidation sites excluding steroid dienone is 1. The topological polar surface area (TPSA) is 0 Å². The van der Waals surface area contributed by atoms with Crippen molar-refractivity contribution >= 4 is 37.9 Å². The van der Waals surface area contributed by atoms with E-state index < -0.39 is 0 Å². The molecule has 0 bridgehead atoms. The maximum Gasteiger partial charge on any atom is 0.0250 e. The van der Waals surface area contributed by atoms with Gasteiger partial charge in [0.05, 0.1) is 0 Å². The van der Waals surface area contributed by atoms with E-state index in [2.05, 4.69) is 69.1 Å². The Balaban J connectivity index is 2.77. The fourth-order valence-electron chi connectivity index (χ4n) is 1.04. The summed E-state index contributed by atoms with van der Waals surface area (Å²) in [7, 11) is 0. The minimum atomic E-state index is 1.02. The van der Waals surface area contributed by atoms with Crippen LogP contribution in [-0.4, -0.2) is 5.33 Å². The molecule has 0 heterocycles. The predicted octanol–water partition coefficient (Wildman–Crippen LogP) is 4.56. The summed E-state index contributed by atoms with van der Waals surface area (Å²) in [5.41, 5.74) is 2.52. The Morgan fingerprint density at radius 3 is 2.77 bits per heavy atom. The van der Waals surface area contributed by atoms with Crippen molar-refractivity contribution < 1.29 is 0 Å². The van der Waals surface area contributed by atoms with Crippen LogP contribution in [0.3, 0.4) is 0 Å². The van der Waals surface area contributed by atoms with Crippen LogP contribution in [0.25, 0.3) is 6.08 Å². The maximum atomic E-state index is 3.54. The first kappa shape index (κ1) is 11.0. The molecule has 0 amide bonds. The molecule has 0 aliphatic heterocycles. The highest BCUT2D eigenvalue weighted by Crippen LogP contribution is 2.19. The van der Waals surface area contributed by atoms with Gasteiger partial charge in [0.25, 0.3) is 0 Å². The molecule has 0 aliphatic rings. The molecule has 0 spiro atoms. The van der Waals surface area contributed by atoms with Crippen LogP contribution >= 0.6 is 31.9 Å². The van der Waals surface area contributed by atoms with E-state index >= 15 is 0 Å². The molecule has 0 fully saturated rings. The Bertz CT molecular complexity index is 303. The van der Waals surface area contributed by atoms with E-state index in [4.69, 9.17) is 0 Å². The molecular weight excluding hydrogens is 292 g/mol. The summed E-state index contributed by atoms with van der Waals surface area (Å²) < 4.78 is 1.17. The van der Waals surface area contributed by atoms with Gasteiger partial charge in [-0.15, -0.1) is 0 Å². The van der Waals surface area contributed by atoms with Crippen molar-refractivity contribution in [2.45, 2.75) is 13.3 Å². The quantitative estimate of drug-likeness (QED) is 0.718. The molecule has 0 aliphatic carbocycles. The number of hydrogen-bond donors (Lipinski definition) is 0. The Hall–Kier alpha value is -0.0800. The van der Waals surface area contributed by atoms with Gasteiger partial charge in [0.15, 0.2) is 0 Å². The van der Waals surface area contributed by atoms with Gasteiger partial charge in [-0.1, -0.05) is 56.1 Å². The zero-order chi connectivity index (χ0) is 9.68. The van der Waals surface area contributed by atoms with Crippen LogP contribution in [0.2, 0.25) is 0 Å². The second-order valence-corrected chi connectivity index (χ2v) is 4.55. The number of hydrogen-bond acceptors (Lipinski definition) is 0. The van der Waals surface area contributed by atoms with Crippen LogP contribution in [0.5, 0.6) is 0 Å². The fraction of sp³-hybridized carbons (Fsp3) is 0.273. The van der Waals surface area contributed by atoms with Crippen LogP contribution in [0, 0.1) is 6.92 Å². The van der Waals surface area contributed by atoms with Gasteiger partial charge in [-0.05, 0) is 30.5 Å². The van der Waals surface area contributed by atoms with Gasteiger partial charge in [-0.25, -0.2) is 0 Å². The Morgan fingerprint density at radius 2 is 2.15 bits per heavy atom. The van der Waals surface area contributed by atoms with E-state index in [9.17, 15) is 0 Å². The highest BCUT2D eigenvalue weighted by Gasteiger charge is 1.94. The summed E-state index contributed by atoms with van der Waals surface area (Å²) in [6.07, 6.45) is 5.38. The van der Waals surface area contributed by atoms with Gasteiger partial charge in [-0.3, -0.25) is 0 Å². The second-order valence-electron chi connectivity index (χ2n) is 2.90. The molecule has 2 heteroatoms. The van der Waals surface area contributed by atoms with Crippen molar-refractivity contribution in [3.63, 3.8) is 0 Å². The van der Waals surface area contributed by atoms with Crippen LogP contribution < -0.4 is 0 Å². The first-order valence-electron chi connectivity index (χ1n) is 4.22. The summed E-state index contributed by atoms with van der Waals surface area (Å²) in [5, 5.41) is 1.02. The molecule has 1 aromatic rings. The summed E-state index contributed by atoms with van der Waals surface area (Å²) in [6.45, 7) is 2.09. The summed E-state index contributed by atoms with van der Waals surface area (Å²) >= 11 is 6.93. The number of halogens is 2. The van der Waals surface area contributed by atoms with Crippen molar-refractivity contribution in [1.29, 1.82) is 0 Å². The molecule has 0 nitrogen and oxygen atoms in total. The molecular formula is C11H12Br2. The third-order valence-electron chi connectivity index (χ3n) is 1.73. The molecule has 0 unspecified atom stereocenters. The normalized spacial score (nSPS) is 11.0. The average Bonchev–Trinajstić information content (AvgIpc) is 2.09. The van der Waals surface area contributed by atoms with Crippen LogP contribution in [0.4, 0.5) is 0 Å². The van der Waals surface area contributed by atoms with Crippen molar-refractivity contribution in [3.8, 4) is 0 Å². The lowest BCUT2D eigenvalue weighted by molar-refractivity contribution is 1.27. The predicted molar refractivity (Wildman–Crippen MR) is 66.3 cm³/mol. The third kappa shape index (κ3) is 3.65. The largest absolute Gasteiger partial charge is 0.0925 e. The van der Waals surface area contributed by atoms with E-state index in [-0.39, 0.29) is 0 Å². The summed E-state index contributed by atoms with van der Waals surface area (Å²) in [5.74, 6) is 0. The highest BCUT2D eigenvalue weighted by atomic mass is 79.9. The van der Waals surface area contributed by atoms with Crippen LogP contribution in [0.1, 0.15) is 17.5 Å². The van der Waals surface area contributed by atoms with Gasteiger partial charge >= 0.3 is 0 Å². The summed E-state index contributed by atoms with van der Waals surface area (Å²) in [6, 6.07) is 6.39. The molecule has 0 N–H and O–H groups in total. The second kappa shape index (κ2) is 5.61. The molecule has 1 aromatic carbocycles. The summed E-state index contributed by atoms with van der Waals surface area (Å²) in [4.78, 5) is 0. The minimum absolute atomic E-state index is 1.02. The van der Waals surface area contributed by atoms with Gasteiger partial charge < -0.3 is 0 Å². The van der Waals surface area contributed by atoms with Crippen LogP contribution in [-0.2, 0) is 0 Å². The van der Waals surface area contributed by atoms with Gasteiger partial charge in [0.2, 0.25) is 0 Å². The van der Waals surface area contributed by atoms with Crippen molar-refractivity contribution in [2.24, 2.45) is 0 Å². The van der Waals surface area contributed by atoms with Crippen LogP contribution in [0.15, 0.2) is 28.7 Å². The molecule has 13 heavy (non-hydrogen) atoms. The molecule has 1 rings (SSSR count). The Morgan fingerprint density at radius 1 is 1.38 bits per heavy atom. The standard InChI is InChI=1S/C11H12Br2/c1-9-5-6-10(11(13)8-9)4-2-3-7-12/h2,4-6,8H,3,7H2,1H3. The van der Waals surface area contributed by atoms with E-state index in [1.165, 1.54) is 15.6 Å². The number of alkyl halides is 1. The smallest absolute Gasteiger partial charge is 0.0250 e. The highest BCUT2D eigenvalue weighted by molar-refractivity contribution is 9.10. The average molecular weight is 304 g/mol. The zero-order valence-electron chi connectivity index (χ0n) is 7.56. The number of benzene rings is 1. The Kier molecular flexibility index (Phi) is 4.74. The molecule has 0 aromatic heterocycles. The third-order valence-corrected chi connectivity index (χ3v) is 2.87. The molecule has 0 atom stereocenters. The SMILES string of the molecule is Cc1ccc(C=CCCBr)c(Br)c1. The zero-order valence-corrected chi connectivity index (χ0v) is 10.7. The van der Waals surface area contributed by atoms with E-state index in [1.807, 2.05) is 0 Å². The van der Waals surface area contributed by atoms with Gasteiger partial charge in [0.1, 0.15) is 0 Å². The first-order chi connectivity index (χ1) is 6.24.